The van der Waals surface area contributed by atoms with Crippen LogP contribution in [0.1, 0.15) is 31.6 Å². The maximum absolute atomic E-state index is 8.55. The molecule has 1 unspecified atom stereocenters. The molecule has 0 spiro atoms. The van der Waals surface area contributed by atoms with Crippen molar-refractivity contribution < 1.29 is 4.52 Å². The summed E-state index contributed by atoms with van der Waals surface area (Å²) in [5, 5.41) is 12.5. The Morgan fingerprint density at radius 1 is 1.39 bits per heavy atom. The third kappa shape index (κ3) is 2.96. The molecule has 0 bridgehead atoms. The summed E-state index contributed by atoms with van der Waals surface area (Å²) in [6.07, 6.45) is 1.23. The molecule has 2 aromatic rings. The van der Waals surface area contributed by atoms with E-state index in [1.165, 1.54) is 0 Å². The average Bonchev–Trinajstić information content (AvgIpc) is 2.86. The molecule has 1 heterocycles. The average molecular weight is 306 g/mol. The molecule has 0 N–H and O–H groups in total. The first-order valence-electron chi connectivity index (χ1n) is 5.67. The highest BCUT2D eigenvalue weighted by molar-refractivity contribution is 9.10. The fourth-order valence-corrected chi connectivity index (χ4v) is 1.82. The smallest absolute Gasteiger partial charge is 0.229 e. The van der Waals surface area contributed by atoms with Crippen LogP contribution in [0, 0.1) is 11.3 Å². The van der Waals surface area contributed by atoms with E-state index in [4.69, 9.17) is 9.78 Å². The molecule has 0 aliphatic rings. The van der Waals surface area contributed by atoms with Crippen molar-refractivity contribution >= 4 is 15.9 Å². The quantitative estimate of drug-likeness (QED) is 0.859. The van der Waals surface area contributed by atoms with Crippen molar-refractivity contribution in [2.45, 2.75) is 25.7 Å². The number of rotatable bonds is 4. The lowest BCUT2D eigenvalue weighted by atomic mass is 10.1. The zero-order valence-corrected chi connectivity index (χ0v) is 11.5. The van der Waals surface area contributed by atoms with Crippen LogP contribution in [0.5, 0.6) is 0 Å². The van der Waals surface area contributed by atoms with Gasteiger partial charge in [0.25, 0.3) is 0 Å². The van der Waals surface area contributed by atoms with E-state index in [1.54, 1.807) is 0 Å². The maximum Gasteiger partial charge on any atom is 0.229 e. The van der Waals surface area contributed by atoms with Crippen molar-refractivity contribution in [3.8, 4) is 17.5 Å². The fourth-order valence-electron chi connectivity index (χ4n) is 1.56. The van der Waals surface area contributed by atoms with Gasteiger partial charge in [-0.15, -0.1) is 0 Å². The second-order valence-corrected chi connectivity index (χ2v) is 4.98. The van der Waals surface area contributed by atoms with Crippen molar-refractivity contribution in [3.63, 3.8) is 0 Å². The number of benzene rings is 1. The molecule has 0 saturated carbocycles. The van der Waals surface area contributed by atoms with Crippen LogP contribution < -0.4 is 0 Å². The zero-order valence-electron chi connectivity index (χ0n) is 9.93. The number of aromatic nitrogens is 2. The molecule has 1 aromatic heterocycles. The van der Waals surface area contributed by atoms with Gasteiger partial charge in [-0.1, -0.05) is 28.0 Å². The molecule has 4 nitrogen and oxygen atoms in total. The minimum Gasteiger partial charge on any atom is -0.339 e. The maximum atomic E-state index is 8.55. The Morgan fingerprint density at radius 3 is 2.78 bits per heavy atom. The molecule has 0 aliphatic carbocycles. The van der Waals surface area contributed by atoms with Crippen molar-refractivity contribution in [1.29, 1.82) is 5.26 Å². The normalized spacial score (nSPS) is 12.1. The number of nitrogens with zero attached hydrogens (tertiary/aromatic N) is 3. The van der Waals surface area contributed by atoms with Crippen LogP contribution in [0.2, 0.25) is 0 Å². The zero-order chi connectivity index (χ0) is 13.0. The number of hydrogen-bond acceptors (Lipinski definition) is 4. The molecule has 0 radical (unpaired) electrons. The lowest BCUT2D eigenvalue weighted by Gasteiger charge is -2.00. The molecule has 0 amide bonds. The summed E-state index contributed by atoms with van der Waals surface area (Å²) in [7, 11) is 0. The van der Waals surface area contributed by atoms with E-state index in [-0.39, 0.29) is 5.92 Å². The third-order valence-corrected chi connectivity index (χ3v) is 3.18. The van der Waals surface area contributed by atoms with Gasteiger partial charge in [0.15, 0.2) is 0 Å². The van der Waals surface area contributed by atoms with Crippen molar-refractivity contribution in [2.75, 3.05) is 0 Å². The van der Waals surface area contributed by atoms with Crippen LogP contribution in [0.3, 0.4) is 0 Å². The van der Waals surface area contributed by atoms with Gasteiger partial charge in [-0.3, -0.25) is 0 Å². The lowest BCUT2D eigenvalue weighted by molar-refractivity contribution is 0.355. The molecule has 5 heteroatoms. The molecule has 0 aliphatic heterocycles. The molecule has 0 saturated heterocycles. The highest BCUT2D eigenvalue weighted by Gasteiger charge is 2.14. The minimum absolute atomic E-state index is 0.112. The van der Waals surface area contributed by atoms with Crippen LogP contribution in [0.4, 0.5) is 0 Å². The van der Waals surface area contributed by atoms with Crippen LogP contribution >= 0.6 is 15.9 Å². The molecule has 2 rings (SSSR count). The fraction of sp³-hybridized carbons (Fsp3) is 0.308. The predicted molar refractivity (Wildman–Crippen MR) is 70.7 cm³/mol. The first-order valence-corrected chi connectivity index (χ1v) is 6.46. The van der Waals surface area contributed by atoms with E-state index >= 15 is 0 Å². The van der Waals surface area contributed by atoms with Gasteiger partial charge in [0, 0.05) is 22.4 Å². The summed E-state index contributed by atoms with van der Waals surface area (Å²) in [5.41, 5.74) is 0.917. The second kappa shape index (κ2) is 5.78. The Labute approximate surface area is 114 Å². The molecule has 92 valence electrons. The first-order chi connectivity index (χ1) is 8.70. The van der Waals surface area contributed by atoms with Crippen molar-refractivity contribution in [3.05, 3.63) is 34.6 Å². The van der Waals surface area contributed by atoms with E-state index in [2.05, 4.69) is 32.1 Å². The van der Waals surface area contributed by atoms with Gasteiger partial charge < -0.3 is 4.52 Å². The van der Waals surface area contributed by atoms with Gasteiger partial charge in [0.05, 0.1) is 6.07 Å². The standard InChI is InChI=1S/C13H12BrN3O/c1-9(3-2-8-15)13-16-12(17-18-13)10-4-6-11(14)7-5-10/h4-7,9H,2-3H2,1H3. The van der Waals surface area contributed by atoms with E-state index in [0.717, 1.165) is 16.5 Å². The molecular weight excluding hydrogens is 294 g/mol. The van der Waals surface area contributed by atoms with Crippen molar-refractivity contribution in [1.82, 2.24) is 10.1 Å². The van der Waals surface area contributed by atoms with Crippen LogP contribution in [-0.2, 0) is 0 Å². The number of hydrogen-bond donors (Lipinski definition) is 0. The van der Waals surface area contributed by atoms with Crippen molar-refractivity contribution in [2.24, 2.45) is 0 Å². The Morgan fingerprint density at radius 2 is 2.11 bits per heavy atom. The van der Waals surface area contributed by atoms with Crippen LogP contribution in [0.15, 0.2) is 33.3 Å². The molecule has 18 heavy (non-hydrogen) atoms. The highest BCUT2D eigenvalue weighted by Crippen LogP contribution is 2.23. The number of halogens is 1. The van der Waals surface area contributed by atoms with Gasteiger partial charge in [0.2, 0.25) is 11.7 Å². The summed E-state index contributed by atoms with van der Waals surface area (Å²) in [6.45, 7) is 1.98. The second-order valence-electron chi connectivity index (χ2n) is 4.06. The Bertz CT molecular complexity index is 556. The molecule has 1 atom stereocenters. The van der Waals surface area contributed by atoms with E-state index < -0.39 is 0 Å². The Kier molecular flexibility index (Phi) is 4.11. The SMILES string of the molecule is CC(CCC#N)c1nc(-c2ccc(Br)cc2)no1. The van der Waals surface area contributed by atoms with Gasteiger partial charge in [0.1, 0.15) is 0 Å². The topological polar surface area (TPSA) is 62.7 Å². The monoisotopic (exact) mass is 305 g/mol. The van der Waals surface area contributed by atoms with Gasteiger partial charge in [-0.05, 0) is 30.7 Å². The summed E-state index contributed by atoms with van der Waals surface area (Å²) >= 11 is 3.38. The summed E-state index contributed by atoms with van der Waals surface area (Å²) in [6, 6.07) is 9.85. The van der Waals surface area contributed by atoms with E-state index in [1.807, 2.05) is 31.2 Å². The molecular formula is C13H12BrN3O. The summed E-state index contributed by atoms with van der Waals surface area (Å²) < 4.78 is 6.24. The Hall–Kier alpha value is -1.67. The van der Waals surface area contributed by atoms with Gasteiger partial charge in [-0.2, -0.15) is 10.2 Å². The van der Waals surface area contributed by atoms with E-state index in [0.29, 0.717) is 18.1 Å². The number of nitriles is 1. The molecule has 1 aromatic carbocycles. The minimum atomic E-state index is 0.112. The van der Waals surface area contributed by atoms with Crippen LogP contribution in [0.25, 0.3) is 11.4 Å². The first kappa shape index (κ1) is 12.8. The van der Waals surface area contributed by atoms with Gasteiger partial charge >= 0.3 is 0 Å². The predicted octanol–water partition coefficient (Wildman–Crippen LogP) is 3.91. The van der Waals surface area contributed by atoms with Gasteiger partial charge in [-0.25, -0.2) is 0 Å². The third-order valence-electron chi connectivity index (χ3n) is 2.65. The lowest BCUT2D eigenvalue weighted by Crippen LogP contribution is -1.93. The highest BCUT2D eigenvalue weighted by atomic mass is 79.9. The molecule has 0 fully saturated rings. The van der Waals surface area contributed by atoms with Crippen LogP contribution in [-0.4, -0.2) is 10.1 Å². The summed E-state index contributed by atoms with van der Waals surface area (Å²) in [5.74, 6) is 1.28. The largest absolute Gasteiger partial charge is 0.339 e. The Balaban J connectivity index is 2.15. The summed E-state index contributed by atoms with van der Waals surface area (Å²) in [4.78, 5) is 4.36. The van der Waals surface area contributed by atoms with E-state index in [9.17, 15) is 0 Å².